The van der Waals surface area contributed by atoms with Crippen molar-refractivity contribution in [3.8, 4) is 0 Å². The number of ether oxygens (including phenoxy) is 1. The average Bonchev–Trinajstić information content (AvgIpc) is 2.26. The van der Waals surface area contributed by atoms with E-state index in [1.54, 1.807) is 0 Å². The number of hydrogen-bond acceptors (Lipinski definition) is 3. The van der Waals surface area contributed by atoms with Crippen LogP contribution in [0.4, 0.5) is 0 Å². The normalized spacial score (nSPS) is 27.6. The molecule has 2 N–H and O–H groups in total. The third-order valence-electron chi connectivity index (χ3n) is 3.48. The van der Waals surface area contributed by atoms with Gasteiger partial charge in [-0.25, -0.2) is 0 Å². The lowest BCUT2D eigenvalue weighted by Crippen LogP contribution is -2.47. The summed E-state index contributed by atoms with van der Waals surface area (Å²) >= 11 is 0. The van der Waals surface area contributed by atoms with E-state index < -0.39 is 0 Å². The summed E-state index contributed by atoms with van der Waals surface area (Å²) in [6.45, 7) is 7.74. The van der Waals surface area contributed by atoms with Crippen molar-refractivity contribution in [3.05, 3.63) is 0 Å². The first-order chi connectivity index (χ1) is 7.12. The molecule has 0 aromatic heterocycles. The Kier molecular flexibility index (Phi) is 5.03. The van der Waals surface area contributed by atoms with E-state index in [4.69, 9.17) is 4.74 Å². The summed E-state index contributed by atoms with van der Waals surface area (Å²) in [5.41, 5.74) is 0.0780. The quantitative estimate of drug-likeness (QED) is 0.733. The highest BCUT2D eigenvalue weighted by Gasteiger charge is 2.34. The third-order valence-corrected chi connectivity index (χ3v) is 3.48. The van der Waals surface area contributed by atoms with E-state index in [1.807, 2.05) is 6.92 Å². The minimum Gasteiger partial charge on any atom is -0.392 e. The van der Waals surface area contributed by atoms with Crippen molar-refractivity contribution in [2.45, 2.75) is 64.2 Å². The van der Waals surface area contributed by atoms with Gasteiger partial charge in [-0.3, -0.25) is 0 Å². The molecule has 1 rings (SSSR count). The van der Waals surface area contributed by atoms with Gasteiger partial charge in [0.1, 0.15) is 0 Å². The molecule has 0 aromatic carbocycles. The zero-order valence-electron chi connectivity index (χ0n) is 10.3. The molecule has 15 heavy (non-hydrogen) atoms. The Bertz CT molecular complexity index is 178. The molecule has 1 aliphatic rings. The van der Waals surface area contributed by atoms with Crippen LogP contribution in [-0.2, 0) is 4.74 Å². The summed E-state index contributed by atoms with van der Waals surface area (Å²) < 4.78 is 5.90. The van der Waals surface area contributed by atoms with Crippen molar-refractivity contribution in [3.63, 3.8) is 0 Å². The number of nitrogens with one attached hydrogen (secondary N) is 1. The van der Waals surface area contributed by atoms with E-state index in [9.17, 15) is 5.11 Å². The summed E-state index contributed by atoms with van der Waals surface area (Å²) in [4.78, 5) is 0. The molecule has 3 heteroatoms. The SMILES string of the molecule is CCC1(CC)CC(NCC(C)O)CCO1. The molecule has 90 valence electrons. The monoisotopic (exact) mass is 215 g/mol. The lowest BCUT2D eigenvalue weighted by Gasteiger charge is -2.40. The molecule has 2 unspecified atom stereocenters. The highest BCUT2D eigenvalue weighted by atomic mass is 16.5. The van der Waals surface area contributed by atoms with Gasteiger partial charge < -0.3 is 15.2 Å². The van der Waals surface area contributed by atoms with Crippen LogP contribution < -0.4 is 5.32 Å². The topological polar surface area (TPSA) is 41.5 Å². The van der Waals surface area contributed by atoms with Gasteiger partial charge in [0.05, 0.1) is 11.7 Å². The van der Waals surface area contributed by atoms with Gasteiger partial charge >= 0.3 is 0 Å². The number of aliphatic hydroxyl groups is 1. The Labute approximate surface area is 93.2 Å². The predicted octanol–water partition coefficient (Wildman–Crippen LogP) is 1.69. The van der Waals surface area contributed by atoms with Crippen LogP contribution in [0.15, 0.2) is 0 Å². The molecule has 1 aliphatic heterocycles. The van der Waals surface area contributed by atoms with Gasteiger partial charge in [-0.15, -0.1) is 0 Å². The maximum atomic E-state index is 9.23. The van der Waals surface area contributed by atoms with Crippen LogP contribution >= 0.6 is 0 Å². The second-order valence-corrected chi connectivity index (χ2v) is 4.69. The molecule has 0 bridgehead atoms. The van der Waals surface area contributed by atoms with E-state index >= 15 is 0 Å². The molecule has 1 saturated heterocycles. The average molecular weight is 215 g/mol. The zero-order valence-corrected chi connectivity index (χ0v) is 10.3. The molecule has 0 radical (unpaired) electrons. The second-order valence-electron chi connectivity index (χ2n) is 4.69. The lowest BCUT2D eigenvalue weighted by molar-refractivity contribution is -0.0936. The number of rotatable bonds is 5. The molecule has 0 aliphatic carbocycles. The van der Waals surface area contributed by atoms with Crippen molar-refractivity contribution in [2.75, 3.05) is 13.2 Å². The maximum absolute atomic E-state index is 9.23. The Balaban J connectivity index is 2.41. The molecule has 0 spiro atoms. The van der Waals surface area contributed by atoms with Crippen LogP contribution in [0, 0.1) is 0 Å². The van der Waals surface area contributed by atoms with Gasteiger partial charge in [-0.05, 0) is 32.6 Å². The Morgan fingerprint density at radius 2 is 2.13 bits per heavy atom. The van der Waals surface area contributed by atoms with Crippen LogP contribution in [-0.4, -0.2) is 36.0 Å². The van der Waals surface area contributed by atoms with Gasteiger partial charge in [-0.1, -0.05) is 13.8 Å². The van der Waals surface area contributed by atoms with Crippen molar-refractivity contribution < 1.29 is 9.84 Å². The van der Waals surface area contributed by atoms with Crippen LogP contribution in [0.1, 0.15) is 46.5 Å². The number of hydrogen-bond donors (Lipinski definition) is 2. The highest BCUT2D eigenvalue weighted by molar-refractivity contribution is 4.88. The van der Waals surface area contributed by atoms with Crippen LogP contribution in [0.2, 0.25) is 0 Å². The minimum absolute atomic E-state index is 0.0780. The smallest absolute Gasteiger partial charge is 0.0692 e. The zero-order chi connectivity index (χ0) is 11.3. The van der Waals surface area contributed by atoms with E-state index in [0.717, 1.165) is 32.3 Å². The summed E-state index contributed by atoms with van der Waals surface area (Å²) in [7, 11) is 0. The largest absolute Gasteiger partial charge is 0.392 e. The lowest BCUT2D eigenvalue weighted by atomic mass is 9.86. The molecule has 0 amide bonds. The van der Waals surface area contributed by atoms with E-state index in [-0.39, 0.29) is 11.7 Å². The van der Waals surface area contributed by atoms with Crippen molar-refractivity contribution in [1.29, 1.82) is 0 Å². The van der Waals surface area contributed by atoms with E-state index in [1.165, 1.54) is 0 Å². The first kappa shape index (κ1) is 12.9. The van der Waals surface area contributed by atoms with Gasteiger partial charge in [0.2, 0.25) is 0 Å². The van der Waals surface area contributed by atoms with E-state index in [2.05, 4.69) is 19.2 Å². The molecule has 3 nitrogen and oxygen atoms in total. The number of aliphatic hydroxyl groups excluding tert-OH is 1. The summed E-state index contributed by atoms with van der Waals surface area (Å²) in [5.74, 6) is 0. The molecule has 0 saturated carbocycles. The Hall–Kier alpha value is -0.120. The highest BCUT2D eigenvalue weighted by Crippen LogP contribution is 2.31. The minimum atomic E-state index is -0.259. The maximum Gasteiger partial charge on any atom is 0.0692 e. The fourth-order valence-corrected chi connectivity index (χ4v) is 2.28. The standard InChI is InChI=1S/C12H25NO2/c1-4-12(5-2)8-11(6-7-15-12)13-9-10(3)14/h10-11,13-14H,4-9H2,1-3H3. The molecule has 1 fully saturated rings. The van der Waals surface area contributed by atoms with Crippen LogP contribution in [0.25, 0.3) is 0 Å². The Morgan fingerprint density at radius 3 is 2.67 bits per heavy atom. The molecular formula is C12H25NO2. The second kappa shape index (κ2) is 5.83. The van der Waals surface area contributed by atoms with Crippen LogP contribution in [0.5, 0.6) is 0 Å². The predicted molar refractivity (Wildman–Crippen MR) is 62.0 cm³/mol. The summed E-state index contributed by atoms with van der Waals surface area (Å²) in [6.07, 6.45) is 4.04. The first-order valence-corrected chi connectivity index (χ1v) is 6.17. The molecule has 2 atom stereocenters. The van der Waals surface area contributed by atoms with E-state index in [0.29, 0.717) is 12.6 Å². The molecular weight excluding hydrogens is 190 g/mol. The first-order valence-electron chi connectivity index (χ1n) is 6.17. The molecule has 0 aromatic rings. The van der Waals surface area contributed by atoms with Crippen molar-refractivity contribution in [1.82, 2.24) is 5.32 Å². The van der Waals surface area contributed by atoms with Crippen molar-refractivity contribution >= 4 is 0 Å². The summed E-state index contributed by atoms with van der Waals surface area (Å²) in [5, 5.41) is 12.6. The molecule has 1 heterocycles. The van der Waals surface area contributed by atoms with Gasteiger partial charge in [0.15, 0.2) is 0 Å². The van der Waals surface area contributed by atoms with Gasteiger partial charge in [0, 0.05) is 19.2 Å². The van der Waals surface area contributed by atoms with Gasteiger partial charge in [0.25, 0.3) is 0 Å². The van der Waals surface area contributed by atoms with Crippen LogP contribution in [0.3, 0.4) is 0 Å². The third kappa shape index (κ3) is 3.74. The Morgan fingerprint density at radius 1 is 1.47 bits per heavy atom. The van der Waals surface area contributed by atoms with Crippen molar-refractivity contribution in [2.24, 2.45) is 0 Å². The fraction of sp³-hybridized carbons (Fsp3) is 1.00. The van der Waals surface area contributed by atoms with Gasteiger partial charge in [-0.2, -0.15) is 0 Å². The fourth-order valence-electron chi connectivity index (χ4n) is 2.28. The summed E-state index contributed by atoms with van der Waals surface area (Å²) in [6, 6.07) is 0.508.